The Balaban J connectivity index is 2.10. The van der Waals surface area contributed by atoms with Crippen LogP contribution in [0.3, 0.4) is 0 Å². The van der Waals surface area contributed by atoms with Crippen molar-refractivity contribution in [2.75, 3.05) is 13.1 Å². The molecule has 1 aromatic rings. The summed E-state index contributed by atoms with van der Waals surface area (Å²) in [6.07, 6.45) is 3.69. The first kappa shape index (κ1) is 14.8. The Morgan fingerprint density at radius 3 is 3.05 bits per heavy atom. The zero-order valence-corrected chi connectivity index (χ0v) is 11.8. The van der Waals surface area contributed by atoms with Crippen LogP contribution in [0.4, 0.5) is 4.39 Å². The molecule has 1 aliphatic rings. The number of nitrogens with zero attached hydrogens (tertiary/aromatic N) is 2. The van der Waals surface area contributed by atoms with E-state index in [0.717, 1.165) is 24.6 Å². The van der Waals surface area contributed by atoms with Crippen LogP contribution < -0.4 is 5.73 Å². The van der Waals surface area contributed by atoms with Gasteiger partial charge in [0.05, 0.1) is 0 Å². The second-order valence-electron chi connectivity index (χ2n) is 5.47. The number of oxime groups is 1. The first-order valence-electron chi connectivity index (χ1n) is 7.12. The molecule has 1 heterocycles. The summed E-state index contributed by atoms with van der Waals surface area (Å²) in [4.78, 5) is 2.35. The Kier molecular flexibility index (Phi) is 4.95. The maximum absolute atomic E-state index is 13.3. The zero-order valence-electron chi connectivity index (χ0n) is 11.8. The summed E-state index contributed by atoms with van der Waals surface area (Å²) in [5, 5.41) is 11.8. The van der Waals surface area contributed by atoms with Crippen LogP contribution in [0, 0.1) is 11.7 Å². The molecule has 1 aromatic carbocycles. The van der Waals surface area contributed by atoms with E-state index in [4.69, 9.17) is 10.9 Å². The molecule has 5 heteroatoms. The van der Waals surface area contributed by atoms with E-state index in [9.17, 15) is 4.39 Å². The molecule has 1 atom stereocenters. The quantitative estimate of drug-likeness (QED) is 0.377. The lowest BCUT2D eigenvalue weighted by molar-refractivity contribution is 0.311. The van der Waals surface area contributed by atoms with Crippen LogP contribution in [0.1, 0.15) is 37.3 Å². The van der Waals surface area contributed by atoms with E-state index in [0.29, 0.717) is 12.1 Å². The smallest absolute Gasteiger partial charge is 0.170 e. The average Bonchev–Trinajstić information content (AvgIpc) is 2.88. The molecule has 0 aliphatic carbocycles. The van der Waals surface area contributed by atoms with Crippen LogP contribution in [-0.4, -0.2) is 29.0 Å². The molecule has 0 saturated carbocycles. The van der Waals surface area contributed by atoms with Gasteiger partial charge in [-0.2, -0.15) is 0 Å². The van der Waals surface area contributed by atoms with Crippen molar-refractivity contribution in [1.82, 2.24) is 4.90 Å². The van der Waals surface area contributed by atoms with Gasteiger partial charge in [-0.05, 0) is 43.0 Å². The van der Waals surface area contributed by atoms with Crippen molar-refractivity contribution in [3.63, 3.8) is 0 Å². The standard InChI is InChI=1S/C15H22FN3O/c1-2-3-11-6-7-19(9-11)10-12-4-5-13(16)8-14(12)15(17)18-20/h4-5,8,11,20H,2-3,6-7,9-10H2,1H3,(H2,17,18). The fourth-order valence-corrected chi connectivity index (χ4v) is 2.92. The third kappa shape index (κ3) is 3.48. The molecule has 4 nitrogen and oxygen atoms in total. The van der Waals surface area contributed by atoms with Crippen LogP contribution in [0.2, 0.25) is 0 Å². The van der Waals surface area contributed by atoms with Crippen molar-refractivity contribution in [1.29, 1.82) is 0 Å². The lowest BCUT2D eigenvalue weighted by Crippen LogP contribution is -2.23. The largest absolute Gasteiger partial charge is 0.409 e. The van der Waals surface area contributed by atoms with Gasteiger partial charge in [-0.3, -0.25) is 4.90 Å². The molecule has 1 fully saturated rings. The molecule has 110 valence electrons. The third-order valence-electron chi connectivity index (χ3n) is 3.92. The van der Waals surface area contributed by atoms with Crippen molar-refractivity contribution >= 4 is 5.84 Å². The van der Waals surface area contributed by atoms with Gasteiger partial charge in [-0.25, -0.2) is 4.39 Å². The van der Waals surface area contributed by atoms with Gasteiger partial charge in [0.1, 0.15) is 5.82 Å². The van der Waals surface area contributed by atoms with Crippen LogP contribution in [-0.2, 0) is 6.54 Å². The molecule has 0 bridgehead atoms. The highest BCUT2D eigenvalue weighted by atomic mass is 19.1. The summed E-state index contributed by atoms with van der Waals surface area (Å²) < 4.78 is 13.3. The molecule has 20 heavy (non-hydrogen) atoms. The summed E-state index contributed by atoms with van der Waals surface area (Å²) >= 11 is 0. The molecule has 0 radical (unpaired) electrons. The third-order valence-corrected chi connectivity index (χ3v) is 3.92. The Hall–Kier alpha value is -1.62. The first-order valence-corrected chi connectivity index (χ1v) is 7.12. The number of nitrogens with two attached hydrogens (primary N) is 1. The van der Waals surface area contributed by atoms with E-state index < -0.39 is 0 Å². The second kappa shape index (κ2) is 6.70. The van der Waals surface area contributed by atoms with Crippen LogP contribution in [0.25, 0.3) is 0 Å². The summed E-state index contributed by atoms with van der Waals surface area (Å²) in [5.41, 5.74) is 7.01. The summed E-state index contributed by atoms with van der Waals surface area (Å²) in [7, 11) is 0. The lowest BCUT2D eigenvalue weighted by Gasteiger charge is -2.18. The van der Waals surface area contributed by atoms with Crippen molar-refractivity contribution in [2.24, 2.45) is 16.8 Å². The number of halogens is 1. The van der Waals surface area contributed by atoms with Gasteiger partial charge in [-0.1, -0.05) is 24.6 Å². The van der Waals surface area contributed by atoms with Crippen molar-refractivity contribution in [3.05, 3.63) is 35.1 Å². The van der Waals surface area contributed by atoms with E-state index in [1.165, 1.54) is 31.4 Å². The minimum atomic E-state index is -0.374. The highest BCUT2D eigenvalue weighted by molar-refractivity contribution is 5.98. The number of amidine groups is 1. The lowest BCUT2D eigenvalue weighted by atomic mass is 10.0. The van der Waals surface area contributed by atoms with E-state index >= 15 is 0 Å². The molecule has 0 spiro atoms. The number of hydrogen-bond acceptors (Lipinski definition) is 3. The Morgan fingerprint density at radius 2 is 2.35 bits per heavy atom. The number of likely N-dealkylation sites (tertiary alicyclic amines) is 1. The van der Waals surface area contributed by atoms with Gasteiger partial charge in [-0.15, -0.1) is 0 Å². The Labute approximate surface area is 119 Å². The van der Waals surface area contributed by atoms with Crippen LogP contribution in [0.15, 0.2) is 23.4 Å². The maximum atomic E-state index is 13.3. The molecule has 1 saturated heterocycles. The van der Waals surface area contributed by atoms with E-state index in [2.05, 4.69) is 17.0 Å². The molecule has 1 unspecified atom stereocenters. The van der Waals surface area contributed by atoms with Crippen LogP contribution >= 0.6 is 0 Å². The number of rotatable bonds is 5. The van der Waals surface area contributed by atoms with E-state index in [-0.39, 0.29) is 11.7 Å². The minimum absolute atomic E-state index is 0.0381. The highest BCUT2D eigenvalue weighted by Gasteiger charge is 2.22. The maximum Gasteiger partial charge on any atom is 0.170 e. The van der Waals surface area contributed by atoms with Gasteiger partial charge >= 0.3 is 0 Å². The molecule has 1 aliphatic heterocycles. The molecule has 0 aromatic heterocycles. The van der Waals surface area contributed by atoms with Crippen molar-refractivity contribution in [2.45, 2.75) is 32.7 Å². The van der Waals surface area contributed by atoms with Crippen molar-refractivity contribution in [3.8, 4) is 0 Å². The normalized spacial score (nSPS) is 20.5. The van der Waals surface area contributed by atoms with Gasteiger partial charge in [0, 0.05) is 18.7 Å². The average molecular weight is 279 g/mol. The highest BCUT2D eigenvalue weighted by Crippen LogP contribution is 2.23. The van der Waals surface area contributed by atoms with Crippen LogP contribution in [0.5, 0.6) is 0 Å². The second-order valence-corrected chi connectivity index (χ2v) is 5.47. The Morgan fingerprint density at radius 1 is 1.55 bits per heavy atom. The summed E-state index contributed by atoms with van der Waals surface area (Å²) in [6, 6.07) is 4.46. The van der Waals surface area contributed by atoms with E-state index in [1.54, 1.807) is 6.07 Å². The van der Waals surface area contributed by atoms with E-state index in [1.807, 2.05) is 0 Å². The molecule has 0 amide bonds. The molecule has 3 N–H and O–H groups in total. The summed E-state index contributed by atoms with van der Waals surface area (Å²) in [5.74, 6) is 0.345. The Bertz CT molecular complexity index is 490. The first-order chi connectivity index (χ1) is 9.63. The monoisotopic (exact) mass is 279 g/mol. The minimum Gasteiger partial charge on any atom is -0.409 e. The fraction of sp³-hybridized carbons (Fsp3) is 0.533. The zero-order chi connectivity index (χ0) is 14.5. The number of hydrogen-bond donors (Lipinski definition) is 2. The van der Waals surface area contributed by atoms with Gasteiger partial charge in [0.15, 0.2) is 5.84 Å². The molecular weight excluding hydrogens is 257 g/mol. The molecular formula is C15H22FN3O. The SMILES string of the molecule is CCCC1CCN(Cc2ccc(F)cc2/C(N)=N/O)C1. The number of benzene rings is 1. The van der Waals surface area contributed by atoms with Gasteiger partial charge in [0.25, 0.3) is 0 Å². The van der Waals surface area contributed by atoms with Gasteiger partial charge < -0.3 is 10.9 Å². The topological polar surface area (TPSA) is 61.8 Å². The predicted molar refractivity (Wildman–Crippen MR) is 77.2 cm³/mol. The predicted octanol–water partition coefficient (Wildman–Crippen LogP) is 2.54. The molecule has 2 rings (SSSR count). The van der Waals surface area contributed by atoms with Crippen molar-refractivity contribution < 1.29 is 9.60 Å². The fourth-order valence-electron chi connectivity index (χ4n) is 2.92. The summed E-state index contributed by atoms with van der Waals surface area (Å²) in [6.45, 7) is 5.05. The van der Waals surface area contributed by atoms with Gasteiger partial charge in [0.2, 0.25) is 0 Å².